The number of nitro groups is 1. The van der Waals surface area contributed by atoms with Gasteiger partial charge in [-0.2, -0.15) is 5.10 Å². The van der Waals surface area contributed by atoms with Crippen LogP contribution in [0.5, 0.6) is 5.75 Å². The SMILES string of the molecule is O=C(N/N=C/c1ccc(-c2cccc([N+](=O)[O-])c2)o1)c1ccccc1OCc1ccccc1. The second-order valence-electron chi connectivity index (χ2n) is 6.98. The van der Waals surface area contributed by atoms with Crippen LogP contribution < -0.4 is 10.2 Å². The second kappa shape index (κ2) is 10.1. The molecular formula is C25H19N3O5. The van der Waals surface area contributed by atoms with Gasteiger partial charge in [-0.1, -0.05) is 54.6 Å². The third-order valence-electron chi connectivity index (χ3n) is 4.70. The molecule has 1 aromatic heterocycles. The first-order valence-electron chi connectivity index (χ1n) is 10.0. The summed E-state index contributed by atoms with van der Waals surface area (Å²) >= 11 is 0. The molecule has 33 heavy (non-hydrogen) atoms. The molecule has 0 unspecified atom stereocenters. The zero-order valence-electron chi connectivity index (χ0n) is 17.4. The maximum atomic E-state index is 12.6. The van der Waals surface area contributed by atoms with Gasteiger partial charge in [-0.25, -0.2) is 5.43 Å². The fraction of sp³-hybridized carbons (Fsp3) is 0.0400. The number of nitro benzene ring substituents is 1. The summed E-state index contributed by atoms with van der Waals surface area (Å²) in [4.78, 5) is 23.1. The van der Waals surface area contributed by atoms with Crippen LogP contribution >= 0.6 is 0 Å². The Morgan fingerprint density at radius 2 is 1.79 bits per heavy atom. The summed E-state index contributed by atoms with van der Waals surface area (Å²) in [6, 6.07) is 26.0. The summed E-state index contributed by atoms with van der Waals surface area (Å²) in [5.41, 5.74) is 4.34. The number of nitrogens with one attached hydrogen (secondary N) is 1. The minimum Gasteiger partial charge on any atom is -0.488 e. The van der Waals surface area contributed by atoms with Crippen molar-refractivity contribution in [3.05, 3.63) is 118 Å². The minimum absolute atomic E-state index is 0.0282. The Kier molecular flexibility index (Phi) is 6.56. The van der Waals surface area contributed by atoms with E-state index >= 15 is 0 Å². The highest BCUT2D eigenvalue weighted by Crippen LogP contribution is 2.25. The normalized spacial score (nSPS) is 10.8. The molecule has 0 fully saturated rings. The van der Waals surface area contributed by atoms with Gasteiger partial charge in [0.2, 0.25) is 0 Å². The van der Waals surface area contributed by atoms with Crippen LogP contribution in [0.1, 0.15) is 21.7 Å². The first-order chi connectivity index (χ1) is 16.1. The predicted octanol–water partition coefficient (Wildman–Crippen LogP) is 5.20. The molecule has 0 aliphatic rings. The average Bonchev–Trinajstić information content (AvgIpc) is 3.32. The van der Waals surface area contributed by atoms with Crippen LogP contribution in [0, 0.1) is 10.1 Å². The van der Waals surface area contributed by atoms with Gasteiger partial charge in [0.25, 0.3) is 11.6 Å². The number of benzene rings is 3. The minimum atomic E-state index is -0.467. The van der Waals surface area contributed by atoms with Crippen LogP contribution in [0.2, 0.25) is 0 Å². The third kappa shape index (κ3) is 5.50. The topological polar surface area (TPSA) is 107 Å². The Hall–Kier alpha value is -4.72. The number of para-hydroxylation sites is 1. The van der Waals surface area contributed by atoms with E-state index in [0.29, 0.717) is 35.0 Å². The lowest BCUT2D eigenvalue weighted by Gasteiger charge is -2.10. The predicted molar refractivity (Wildman–Crippen MR) is 123 cm³/mol. The van der Waals surface area contributed by atoms with Crippen LogP contribution in [0.4, 0.5) is 5.69 Å². The van der Waals surface area contributed by atoms with Gasteiger partial charge in [-0.05, 0) is 29.8 Å². The summed E-state index contributed by atoms with van der Waals surface area (Å²) in [7, 11) is 0. The molecule has 4 rings (SSSR count). The number of amides is 1. The zero-order valence-corrected chi connectivity index (χ0v) is 17.4. The molecule has 0 bridgehead atoms. The van der Waals surface area contributed by atoms with Gasteiger partial charge in [-0.3, -0.25) is 14.9 Å². The van der Waals surface area contributed by atoms with Crippen molar-refractivity contribution in [2.45, 2.75) is 6.61 Å². The molecule has 1 N–H and O–H groups in total. The lowest BCUT2D eigenvalue weighted by Crippen LogP contribution is -2.18. The first-order valence-corrected chi connectivity index (χ1v) is 10.0. The van der Waals surface area contributed by atoms with Crippen molar-refractivity contribution in [2.24, 2.45) is 5.10 Å². The maximum absolute atomic E-state index is 12.6. The van der Waals surface area contributed by atoms with Crippen molar-refractivity contribution >= 4 is 17.8 Å². The zero-order chi connectivity index (χ0) is 23.0. The summed E-state index contributed by atoms with van der Waals surface area (Å²) in [6.07, 6.45) is 1.35. The lowest BCUT2D eigenvalue weighted by atomic mass is 10.1. The molecule has 3 aromatic carbocycles. The third-order valence-corrected chi connectivity index (χ3v) is 4.70. The van der Waals surface area contributed by atoms with E-state index in [9.17, 15) is 14.9 Å². The Balaban J connectivity index is 1.40. The molecule has 0 radical (unpaired) electrons. The molecule has 8 nitrogen and oxygen atoms in total. The number of nitrogens with zero attached hydrogens (tertiary/aromatic N) is 2. The van der Waals surface area contributed by atoms with Crippen molar-refractivity contribution in [2.75, 3.05) is 0 Å². The van der Waals surface area contributed by atoms with Gasteiger partial charge in [0, 0.05) is 17.7 Å². The molecule has 0 saturated heterocycles. The van der Waals surface area contributed by atoms with Crippen LogP contribution in [-0.4, -0.2) is 17.0 Å². The molecule has 164 valence electrons. The van der Waals surface area contributed by atoms with Gasteiger partial charge >= 0.3 is 0 Å². The van der Waals surface area contributed by atoms with E-state index in [-0.39, 0.29) is 5.69 Å². The quantitative estimate of drug-likeness (QED) is 0.230. The number of furan rings is 1. The number of carbonyl (C=O) groups is 1. The molecule has 8 heteroatoms. The Bertz CT molecular complexity index is 1300. The summed E-state index contributed by atoms with van der Waals surface area (Å²) in [5.74, 6) is 0.844. The van der Waals surface area contributed by atoms with E-state index in [1.165, 1.54) is 18.3 Å². The number of carbonyl (C=O) groups excluding carboxylic acids is 1. The van der Waals surface area contributed by atoms with Crippen LogP contribution in [0.15, 0.2) is 101 Å². The highest BCUT2D eigenvalue weighted by Gasteiger charge is 2.12. The molecular weight excluding hydrogens is 422 g/mol. The standard InChI is InChI=1S/C25H19N3O5/c29-25(22-11-4-5-12-24(22)32-17-18-7-2-1-3-8-18)27-26-16-21-13-14-23(33-21)19-9-6-10-20(15-19)28(30)31/h1-16H,17H2,(H,27,29)/b26-16+. The highest BCUT2D eigenvalue weighted by molar-refractivity contribution is 5.97. The number of non-ortho nitro benzene ring substituents is 1. The average molecular weight is 441 g/mol. The van der Waals surface area contributed by atoms with E-state index in [1.54, 1.807) is 48.5 Å². The highest BCUT2D eigenvalue weighted by atomic mass is 16.6. The fourth-order valence-corrected chi connectivity index (χ4v) is 3.08. The smallest absolute Gasteiger partial charge is 0.275 e. The second-order valence-corrected chi connectivity index (χ2v) is 6.98. The van der Waals surface area contributed by atoms with E-state index in [2.05, 4.69) is 10.5 Å². The van der Waals surface area contributed by atoms with Crippen molar-refractivity contribution in [3.63, 3.8) is 0 Å². The van der Waals surface area contributed by atoms with E-state index in [4.69, 9.17) is 9.15 Å². The van der Waals surface area contributed by atoms with Crippen molar-refractivity contribution in [3.8, 4) is 17.1 Å². The molecule has 0 aliphatic carbocycles. The number of hydrogen-bond donors (Lipinski definition) is 1. The van der Waals surface area contributed by atoms with E-state index in [1.807, 2.05) is 30.3 Å². The number of hydrogen-bond acceptors (Lipinski definition) is 6. The molecule has 0 atom stereocenters. The molecule has 1 amide bonds. The summed E-state index contributed by atoms with van der Waals surface area (Å²) < 4.78 is 11.5. The van der Waals surface area contributed by atoms with Gasteiger partial charge in [0.1, 0.15) is 23.9 Å². The van der Waals surface area contributed by atoms with E-state index < -0.39 is 10.8 Å². The van der Waals surface area contributed by atoms with Gasteiger partial charge < -0.3 is 9.15 Å². The molecule has 4 aromatic rings. The van der Waals surface area contributed by atoms with Crippen molar-refractivity contribution < 1.29 is 18.9 Å². The maximum Gasteiger partial charge on any atom is 0.275 e. The molecule has 0 saturated carbocycles. The van der Waals surface area contributed by atoms with Gasteiger partial charge in [0.15, 0.2) is 0 Å². The fourth-order valence-electron chi connectivity index (χ4n) is 3.08. The molecule has 1 heterocycles. The monoisotopic (exact) mass is 441 g/mol. The largest absolute Gasteiger partial charge is 0.488 e. The summed E-state index contributed by atoms with van der Waals surface area (Å²) in [5, 5.41) is 14.9. The summed E-state index contributed by atoms with van der Waals surface area (Å²) in [6.45, 7) is 0.335. The van der Waals surface area contributed by atoms with Gasteiger partial charge in [-0.15, -0.1) is 0 Å². The number of ether oxygens (including phenoxy) is 1. The Morgan fingerprint density at radius 1 is 1.00 bits per heavy atom. The van der Waals surface area contributed by atoms with Crippen molar-refractivity contribution in [1.82, 2.24) is 5.43 Å². The Labute approximate surface area is 189 Å². The van der Waals surface area contributed by atoms with Crippen LogP contribution in [-0.2, 0) is 6.61 Å². The van der Waals surface area contributed by atoms with Crippen LogP contribution in [0.25, 0.3) is 11.3 Å². The first kappa shape index (κ1) is 21.5. The van der Waals surface area contributed by atoms with Crippen molar-refractivity contribution in [1.29, 1.82) is 0 Å². The Morgan fingerprint density at radius 3 is 2.61 bits per heavy atom. The number of rotatable bonds is 8. The van der Waals surface area contributed by atoms with Crippen LogP contribution in [0.3, 0.4) is 0 Å². The lowest BCUT2D eigenvalue weighted by molar-refractivity contribution is -0.384. The van der Waals surface area contributed by atoms with E-state index in [0.717, 1.165) is 5.56 Å². The van der Waals surface area contributed by atoms with Gasteiger partial charge in [0.05, 0.1) is 16.7 Å². The number of hydrazone groups is 1. The molecule has 0 aliphatic heterocycles. The molecule has 0 spiro atoms.